The van der Waals surface area contributed by atoms with Gasteiger partial charge in [-0.2, -0.15) is 0 Å². The van der Waals surface area contributed by atoms with Gasteiger partial charge in [0.15, 0.2) is 0 Å². The minimum atomic E-state index is -0.382. The average molecular weight is 375 g/mol. The van der Waals surface area contributed by atoms with Gasteiger partial charge in [0.1, 0.15) is 17.4 Å². The molecule has 3 rings (SSSR count). The normalized spacial score (nSPS) is 15.2. The van der Waals surface area contributed by atoms with E-state index in [4.69, 9.17) is 16.3 Å². The molecule has 1 N–H and O–H groups in total. The highest BCUT2D eigenvalue weighted by molar-refractivity contribution is 6.32. The number of likely N-dealkylation sites (tertiary alicyclic amines) is 1. The van der Waals surface area contributed by atoms with Crippen LogP contribution in [0.4, 0.5) is 0 Å². The van der Waals surface area contributed by atoms with Crippen molar-refractivity contribution in [3.8, 4) is 5.75 Å². The van der Waals surface area contributed by atoms with Gasteiger partial charge in [-0.25, -0.2) is 0 Å². The predicted molar refractivity (Wildman–Crippen MR) is 102 cm³/mol. The number of hydrogen-bond acceptors (Lipinski definition) is 3. The summed E-state index contributed by atoms with van der Waals surface area (Å²) in [6, 6.07) is 7.96. The van der Waals surface area contributed by atoms with Crippen LogP contribution < -0.4 is 10.3 Å². The molecule has 6 heteroatoms. The van der Waals surface area contributed by atoms with E-state index in [1.807, 2.05) is 31.2 Å². The third-order valence-corrected chi connectivity index (χ3v) is 5.36. The predicted octanol–water partition coefficient (Wildman–Crippen LogP) is 3.64. The van der Waals surface area contributed by atoms with Crippen LogP contribution in [-0.4, -0.2) is 35.0 Å². The van der Waals surface area contributed by atoms with Crippen LogP contribution in [0.15, 0.2) is 29.1 Å². The van der Waals surface area contributed by atoms with Crippen molar-refractivity contribution in [2.75, 3.05) is 13.1 Å². The summed E-state index contributed by atoms with van der Waals surface area (Å²) >= 11 is 6.20. The molecule has 26 heavy (non-hydrogen) atoms. The van der Waals surface area contributed by atoms with Gasteiger partial charge in [-0.05, 0) is 44.0 Å². The molecule has 1 aromatic heterocycles. The van der Waals surface area contributed by atoms with Crippen molar-refractivity contribution in [3.63, 3.8) is 0 Å². The van der Waals surface area contributed by atoms with E-state index in [9.17, 15) is 9.59 Å². The lowest BCUT2D eigenvalue weighted by Crippen LogP contribution is -2.43. The van der Waals surface area contributed by atoms with Crippen LogP contribution in [0.25, 0.3) is 0 Å². The maximum atomic E-state index is 12.8. The summed E-state index contributed by atoms with van der Waals surface area (Å²) in [5, 5.41) is 0.436. The van der Waals surface area contributed by atoms with Crippen molar-refractivity contribution < 1.29 is 9.53 Å². The molecule has 138 valence electrons. The van der Waals surface area contributed by atoms with Crippen molar-refractivity contribution in [1.82, 2.24) is 9.88 Å². The Kier molecular flexibility index (Phi) is 5.37. The highest BCUT2D eigenvalue weighted by Gasteiger charge is 2.28. The lowest BCUT2D eigenvalue weighted by Gasteiger charge is -2.32. The minimum absolute atomic E-state index is 0.0711. The Balaban J connectivity index is 1.68. The number of piperidine rings is 1. The molecule has 0 radical (unpaired) electrons. The van der Waals surface area contributed by atoms with Crippen LogP contribution in [0.3, 0.4) is 0 Å². The van der Waals surface area contributed by atoms with Gasteiger partial charge in [-0.1, -0.05) is 23.7 Å². The van der Waals surface area contributed by atoms with Crippen molar-refractivity contribution in [2.45, 2.75) is 39.7 Å². The Hall–Kier alpha value is -2.27. The number of hydrogen-bond donors (Lipinski definition) is 1. The van der Waals surface area contributed by atoms with Crippen LogP contribution in [0.1, 0.15) is 40.0 Å². The summed E-state index contributed by atoms with van der Waals surface area (Å²) in [5.74, 6) is 0.590. The van der Waals surface area contributed by atoms with Crippen LogP contribution >= 0.6 is 11.6 Å². The van der Waals surface area contributed by atoms with Gasteiger partial charge >= 0.3 is 0 Å². The molecule has 1 fully saturated rings. The van der Waals surface area contributed by atoms with Gasteiger partial charge in [0, 0.05) is 31.6 Å². The largest absolute Gasteiger partial charge is 0.490 e. The molecule has 0 unspecified atom stereocenters. The summed E-state index contributed by atoms with van der Waals surface area (Å²) in [6.07, 6.45) is 1.54. The maximum absolute atomic E-state index is 12.8. The number of carbonyl (C=O) groups excluding carboxylic acids is 1. The molecule has 1 aromatic carbocycles. The van der Waals surface area contributed by atoms with Crippen molar-refractivity contribution in [3.05, 3.63) is 62.0 Å². The zero-order valence-corrected chi connectivity index (χ0v) is 16.0. The molecule has 2 heterocycles. The summed E-state index contributed by atoms with van der Waals surface area (Å²) in [6.45, 7) is 6.57. The van der Waals surface area contributed by atoms with Gasteiger partial charge in [-0.15, -0.1) is 0 Å². The molecule has 1 saturated heterocycles. The standard InChI is InChI=1S/C20H23ClN2O3/c1-12-5-4-6-16(11-12)26-15-7-9-23(10-8-15)20(25)17-13(2)18(21)14(3)22-19(17)24/h4-6,11,15H,7-10H2,1-3H3,(H,22,24). The summed E-state index contributed by atoms with van der Waals surface area (Å²) in [5.41, 5.74) is 2.03. The number of aromatic amines is 1. The fraction of sp³-hybridized carbons (Fsp3) is 0.400. The van der Waals surface area contributed by atoms with E-state index in [2.05, 4.69) is 4.98 Å². The first-order valence-corrected chi connectivity index (χ1v) is 9.16. The number of nitrogens with zero attached hydrogens (tertiary/aromatic N) is 1. The SMILES string of the molecule is Cc1cccc(OC2CCN(C(=O)c3c(C)c(Cl)c(C)[nH]c3=O)CC2)c1. The fourth-order valence-corrected chi connectivity index (χ4v) is 3.46. The molecule has 1 amide bonds. The molecule has 5 nitrogen and oxygen atoms in total. The molecule has 0 bridgehead atoms. The van der Waals surface area contributed by atoms with Crippen molar-refractivity contribution in [2.24, 2.45) is 0 Å². The average Bonchev–Trinajstić information content (AvgIpc) is 2.60. The van der Waals surface area contributed by atoms with E-state index in [0.29, 0.717) is 29.4 Å². The van der Waals surface area contributed by atoms with E-state index < -0.39 is 0 Å². The molecule has 2 aromatic rings. The van der Waals surface area contributed by atoms with E-state index >= 15 is 0 Å². The first-order valence-electron chi connectivity index (χ1n) is 8.78. The Morgan fingerprint density at radius 3 is 2.58 bits per heavy atom. The second kappa shape index (κ2) is 7.54. The summed E-state index contributed by atoms with van der Waals surface area (Å²) < 4.78 is 6.03. The molecule has 1 aliphatic rings. The lowest BCUT2D eigenvalue weighted by molar-refractivity contribution is 0.0593. The highest BCUT2D eigenvalue weighted by Crippen LogP contribution is 2.23. The first-order chi connectivity index (χ1) is 12.4. The zero-order valence-electron chi connectivity index (χ0n) is 15.3. The topological polar surface area (TPSA) is 62.4 Å². The number of pyridine rings is 1. The fourth-order valence-electron chi connectivity index (χ4n) is 3.32. The van der Waals surface area contributed by atoms with E-state index in [-0.39, 0.29) is 23.1 Å². The Labute approximate surface area is 157 Å². The van der Waals surface area contributed by atoms with Gasteiger partial charge < -0.3 is 14.6 Å². The van der Waals surface area contributed by atoms with E-state index in [1.54, 1.807) is 18.7 Å². The Bertz CT molecular complexity index is 883. The molecular formula is C20H23ClN2O3. The van der Waals surface area contributed by atoms with Gasteiger partial charge in [0.05, 0.1) is 5.02 Å². The maximum Gasteiger partial charge on any atom is 0.261 e. The number of rotatable bonds is 3. The molecule has 0 aliphatic carbocycles. The van der Waals surface area contributed by atoms with Crippen molar-refractivity contribution >= 4 is 17.5 Å². The van der Waals surface area contributed by atoms with E-state index in [0.717, 1.165) is 24.2 Å². The van der Waals surface area contributed by atoms with Crippen LogP contribution in [0, 0.1) is 20.8 Å². The van der Waals surface area contributed by atoms with Gasteiger partial charge in [-0.3, -0.25) is 9.59 Å². The number of H-pyrrole nitrogens is 1. The second-order valence-corrected chi connectivity index (χ2v) is 7.20. The lowest BCUT2D eigenvalue weighted by atomic mass is 10.0. The van der Waals surface area contributed by atoms with Crippen LogP contribution in [0.2, 0.25) is 5.02 Å². The number of halogens is 1. The quantitative estimate of drug-likeness (QED) is 0.892. The number of amides is 1. The Morgan fingerprint density at radius 2 is 1.92 bits per heavy atom. The number of ether oxygens (including phenoxy) is 1. The molecule has 0 atom stereocenters. The third-order valence-electron chi connectivity index (χ3n) is 4.80. The number of nitrogens with one attached hydrogen (secondary N) is 1. The zero-order chi connectivity index (χ0) is 18.8. The smallest absolute Gasteiger partial charge is 0.261 e. The minimum Gasteiger partial charge on any atom is -0.490 e. The van der Waals surface area contributed by atoms with Gasteiger partial charge in [0.25, 0.3) is 11.5 Å². The highest BCUT2D eigenvalue weighted by atomic mass is 35.5. The second-order valence-electron chi connectivity index (χ2n) is 6.82. The monoisotopic (exact) mass is 374 g/mol. The Morgan fingerprint density at radius 1 is 1.23 bits per heavy atom. The van der Waals surface area contributed by atoms with Crippen molar-refractivity contribution in [1.29, 1.82) is 0 Å². The third kappa shape index (κ3) is 3.78. The van der Waals surface area contributed by atoms with Crippen LogP contribution in [-0.2, 0) is 0 Å². The summed E-state index contributed by atoms with van der Waals surface area (Å²) in [4.78, 5) is 29.4. The van der Waals surface area contributed by atoms with Crippen LogP contribution in [0.5, 0.6) is 5.75 Å². The molecule has 1 aliphatic heterocycles. The van der Waals surface area contributed by atoms with E-state index in [1.165, 1.54) is 0 Å². The molecule has 0 spiro atoms. The number of benzene rings is 1. The van der Waals surface area contributed by atoms with Gasteiger partial charge in [0.2, 0.25) is 0 Å². The first kappa shape index (κ1) is 18.5. The molecular weight excluding hydrogens is 352 g/mol. The number of aryl methyl sites for hydroxylation is 2. The molecule has 0 saturated carbocycles. The number of carbonyl (C=O) groups is 1. The number of aromatic nitrogens is 1. The summed E-state index contributed by atoms with van der Waals surface area (Å²) in [7, 11) is 0.